The predicted octanol–water partition coefficient (Wildman–Crippen LogP) is 2.67. The van der Waals surface area contributed by atoms with E-state index in [0.717, 1.165) is 31.2 Å². The largest absolute Gasteiger partial charge is 0.339 e. The van der Waals surface area contributed by atoms with Crippen LogP contribution >= 0.6 is 0 Å². The lowest BCUT2D eigenvalue weighted by atomic mass is 9.97. The van der Waals surface area contributed by atoms with Crippen LogP contribution in [0, 0.1) is 6.92 Å². The van der Waals surface area contributed by atoms with Crippen molar-refractivity contribution in [2.45, 2.75) is 61.8 Å². The molecule has 0 spiro atoms. The van der Waals surface area contributed by atoms with E-state index in [1.165, 1.54) is 0 Å². The number of aromatic nitrogens is 2. The molecular formula is C19H26N4O3S. The fourth-order valence-corrected chi connectivity index (χ4v) is 5.50. The Balaban J connectivity index is 1.43. The molecule has 2 N–H and O–H groups in total. The van der Waals surface area contributed by atoms with E-state index in [2.05, 4.69) is 10.1 Å². The third-order valence-corrected chi connectivity index (χ3v) is 7.76. The number of nitrogens with zero attached hydrogens (tertiary/aromatic N) is 3. The minimum atomic E-state index is -3.46. The van der Waals surface area contributed by atoms with Gasteiger partial charge in [0.1, 0.15) is 0 Å². The summed E-state index contributed by atoms with van der Waals surface area (Å²) in [6.07, 6.45) is 5.30. The molecule has 0 amide bonds. The first-order valence-corrected chi connectivity index (χ1v) is 11.0. The summed E-state index contributed by atoms with van der Waals surface area (Å²) in [5, 5.41) is 4.13. The molecule has 0 radical (unpaired) electrons. The van der Waals surface area contributed by atoms with Crippen molar-refractivity contribution in [3.8, 4) is 0 Å². The standard InChI is InChI=1S/C19H26N4O3S/c1-14-4-6-16(7-5-14)27(24,25)23-12-8-15(9-13-23)17-21-18(22-26-17)19(20)10-2-3-11-19/h4-7,15H,2-3,8-13,20H2,1H3. The van der Waals surface area contributed by atoms with Crippen molar-refractivity contribution in [1.82, 2.24) is 14.4 Å². The highest BCUT2D eigenvalue weighted by atomic mass is 32.2. The van der Waals surface area contributed by atoms with Gasteiger partial charge in [-0.05, 0) is 44.7 Å². The highest BCUT2D eigenvalue weighted by Gasteiger charge is 2.38. The molecule has 2 aromatic rings. The van der Waals surface area contributed by atoms with Gasteiger partial charge in [0.25, 0.3) is 0 Å². The summed E-state index contributed by atoms with van der Waals surface area (Å²) in [5.74, 6) is 1.28. The predicted molar refractivity (Wildman–Crippen MR) is 101 cm³/mol. The van der Waals surface area contributed by atoms with E-state index >= 15 is 0 Å². The number of hydrogen-bond acceptors (Lipinski definition) is 6. The van der Waals surface area contributed by atoms with Gasteiger partial charge in [-0.2, -0.15) is 9.29 Å². The van der Waals surface area contributed by atoms with Crippen molar-refractivity contribution >= 4 is 10.0 Å². The quantitative estimate of drug-likeness (QED) is 0.861. The number of sulfonamides is 1. The summed E-state index contributed by atoms with van der Waals surface area (Å²) >= 11 is 0. The molecule has 1 aliphatic heterocycles. The van der Waals surface area contributed by atoms with Crippen molar-refractivity contribution in [2.75, 3.05) is 13.1 Å². The van der Waals surface area contributed by atoms with E-state index in [1.807, 2.05) is 19.1 Å². The second-order valence-electron chi connectivity index (χ2n) is 7.81. The first kappa shape index (κ1) is 18.6. The van der Waals surface area contributed by atoms with Gasteiger partial charge in [-0.15, -0.1) is 0 Å². The van der Waals surface area contributed by atoms with Crippen LogP contribution in [-0.4, -0.2) is 36.0 Å². The third-order valence-electron chi connectivity index (χ3n) is 5.84. The van der Waals surface area contributed by atoms with Crippen molar-refractivity contribution in [2.24, 2.45) is 5.73 Å². The summed E-state index contributed by atoms with van der Waals surface area (Å²) in [4.78, 5) is 4.92. The number of rotatable bonds is 4. The molecule has 1 aromatic carbocycles. The van der Waals surface area contributed by atoms with Crippen molar-refractivity contribution in [1.29, 1.82) is 0 Å². The summed E-state index contributed by atoms with van der Waals surface area (Å²) < 4.78 is 32.7. The first-order chi connectivity index (χ1) is 12.9. The van der Waals surface area contributed by atoms with E-state index < -0.39 is 15.6 Å². The van der Waals surface area contributed by atoms with Gasteiger partial charge in [0, 0.05) is 19.0 Å². The lowest BCUT2D eigenvalue weighted by Gasteiger charge is -2.29. The van der Waals surface area contributed by atoms with E-state index in [-0.39, 0.29) is 5.92 Å². The molecule has 7 nitrogen and oxygen atoms in total. The molecule has 1 aliphatic carbocycles. The van der Waals surface area contributed by atoms with E-state index in [1.54, 1.807) is 16.4 Å². The zero-order valence-corrected chi connectivity index (χ0v) is 16.4. The Morgan fingerprint density at radius 2 is 1.78 bits per heavy atom. The summed E-state index contributed by atoms with van der Waals surface area (Å²) in [6.45, 7) is 2.84. The zero-order valence-electron chi connectivity index (χ0n) is 15.6. The fraction of sp³-hybridized carbons (Fsp3) is 0.579. The molecule has 0 bridgehead atoms. The molecule has 2 aliphatic rings. The second kappa shape index (κ2) is 7.00. The molecule has 1 aromatic heterocycles. The zero-order chi connectivity index (χ0) is 19.1. The fourth-order valence-electron chi connectivity index (χ4n) is 4.04. The van der Waals surface area contributed by atoms with Gasteiger partial charge in [0.2, 0.25) is 15.9 Å². The number of aryl methyl sites for hydroxylation is 1. The summed E-state index contributed by atoms with van der Waals surface area (Å²) in [5.41, 5.74) is 6.99. The Bertz CT molecular complexity index is 893. The minimum absolute atomic E-state index is 0.0840. The van der Waals surface area contributed by atoms with E-state index in [9.17, 15) is 8.42 Å². The Morgan fingerprint density at radius 3 is 2.41 bits per heavy atom. The molecule has 4 rings (SSSR count). The van der Waals surface area contributed by atoms with Crippen LogP contribution in [0.3, 0.4) is 0 Å². The van der Waals surface area contributed by atoms with Crippen LogP contribution in [0.4, 0.5) is 0 Å². The van der Waals surface area contributed by atoms with Gasteiger partial charge in [0.15, 0.2) is 5.82 Å². The Hall–Kier alpha value is -1.77. The third kappa shape index (κ3) is 3.53. The maximum Gasteiger partial charge on any atom is 0.243 e. The molecule has 1 saturated heterocycles. The molecule has 2 heterocycles. The average Bonchev–Trinajstić information content (AvgIpc) is 3.32. The smallest absolute Gasteiger partial charge is 0.243 e. The van der Waals surface area contributed by atoms with Crippen LogP contribution in [0.5, 0.6) is 0 Å². The van der Waals surface area contributed by atoms with Gasteiger partial charge in [0.05, 0.1) is 10.4 Å². The average molecular weight is 391 g/mol. The van der Waals surface area contributed by atoms with Crippen LogP contribution in [0.25, 0.3) is 0 Å². The van der Waals surface area contributed by atoms with Gasteiger partial charge < -0.3 is 10.3 Å². The Kier molecular flexibility index (Phi) is 4.82. The number of hydrogen-bond donors (Lipinski definition) is 1. The normalized spacial score (nSPS) is 21.6. The maximum absolute atomic E-state index is 12.8. The topological polar surface area (TPSA) is 102 Å². The lowest BCUT2D eigenvalue weighted by Crippen LogP contribution is -2.38. The van der Waals surface area contributed by atoms with Gasteiger partial charge in [-0.1, -0.05) is 35.7 Å². The monoisotopic (exact) mass is 390 g/mol. The highest BCUT2D eigenvalue weighted by Crippen LogP contribution is 2.36. The van der Waals surface area contributed by atoms with Crippen LogP contribution in [-0.2, 0) is 15.6 Å². The maximum atomic E-state index is 12.8. The van der Waals surface area contributed by atoms with Gasteiger partial charge in [-0.3, -0.25) is 0 Å². The van der Waals surface area contributed by atoms with Gasteiger partial charge >= 0.3 is 0 Å². The Morgan fingerprint density at radius 1 is 1.15 bits per heavy atom. The number of nitrogens with two attached hydrogens (primary N) is 1. The van der Waals surface area contributed by atoms with Gasteiger partial charge in [-0.25, -0.2) is 8.42 Å². The summed E-state index contributed by atoms with van der Waals surface area (Å²) in [7, 11) is -3.46. The number of benzene rings is 1. The molecule has 8 heteroatoms. The lowest BCUT2D eigenvalue weighted by molar-refractivity contribution is 0.268. The molecule has 0 unspecified atom stereocenters. The molecular weight excluding hydrogens is 364 g/mol. The van der Waals surface area contributed by atoms with Crippen molar-refractivity contribution in [3.05, 3.63) is 41.5 Å². The van der Waals surface area contributed by atoms with Crippen LogP contribution in [0.1, 0.15) is 61.7 Å². The first-order valence-electron chi connectivity index (χ1n) is 9.58. The molecule has 2 fully saturated rings. The highest BCUT2D eigenvalue weighted by molar-refractivity contribution is 7.89. The molecule has 146 valence electrons. The van der Waals surface area contributed by atoms with Crippen molar-refractivity contribution in [3.63, 3.8) is 0 Å². The second-order valence-corrected chi connectivity index (χ2v) is 9.75. The van der Waals surface area contributed by atoms with Crippen LogP contribution in [0.15, 0.2) is 33.7 Å². The SMILES string of the molecule is Cc1ccc(S(=O)(=O)N2CCC(c3nc(C4(N)CCCC4)no3)CC2)cc1. The van der Waals surface area contributed by atoms with E-state index in [0.29, 0.717) is 42.5 Å². The van der Waals surface area contributed by atoms with Crippen molar-refractivity contribution < 1.29 is 12.9 Å². The molecule has 27 heavy (non-hydrogen) atoms. The minimum Gasteiger partial charge on any atom is -0.339 e. The van der Waals surface area contributed by atoms with Crippen LogP contribution in [0.2, 0.25) is 0 Å². The molecule has 0 atom stereocenters. The number of piperidine rings is 1. The van der Waals surface area contributed by atoms with Crippen LogP contribution < -0.4 is 5.73 Å². The van der Waals surface area contributed by atoms with E-state index in [4.69, 9.17) is 10.3 Å². The molecule has 1 saturated carbocycles. The summed E-state index contributed by atoms with van der Waals surface area (Å²) in [6, 6.07) is 6.99. The Labute approximate surface area is 160 Å².